The molecule has 6 heteroatoms. The van der Waals surface area contributed by atoms with E-state index in [4.69, 9.17) is 11.6 Å². The summed E-state index contributed by atoms with van der Waals surface area (Å²) >= 11 is 7.24. The molecule has 0 saturated heterocycles. The lowest BCUT2D eigenvalue weighted by Crippen LogP contribution is -2.14. The highest BCUT2D eigenvalue weighted by Gasteiger charge is 2.10. The number of hydrogen-bond acceptors (Lipinski definition) is 3. The van der Waals surface area contributed by atoms with Crippen LogP contribution < -0.4 is 5.32 Å². The van der Waals surface area contributed by atoms with Crippen LogP contribution in [0.1, 0.15) is 5.56 Å². The third kappa shape index (κ3) is 3.99. The van der Waals surface area contributed by atoms with Gasteiger partial charge in [-0.25, -0.2) is 4.98 Å². The Morgan fingerprint density at radius 2 is 1.96 bits per heavy atom. The summed E-state index contributed by atoms with van der Waals surface area (Å²) in [5.74, 6) is 0.201. The van der Waals surface area contributed by atoms with Gasteiger partial charge in [-0.3, -0.25) is 9.36 Å². The van der Waals surface area contributed by atoms with E-state index in [2.05, 4.69) is 23.3 Å². The van der Waals surface area contributed by atoms with Gasteiger partial charge in [0.25, 0.3) is 0 Å². The number of aromatic nitrogens is 2. The van der Waals surface area contributed by atoms with E-state index in [-0.39, 0.29) is 11.7 Å². The van der Waals surface area contributed by atoms with Crippen LogP contribution in [-0.2, 0) is 4.79 Å². The molecule has 1 aromatic heterocycles. The van der Waals surface area contributed by atoms with E-state index in [0.717, 1.165) is 22.1 Å². The van der Waals surface area contributed by atoms with Crippen molar-refractivity contribution in [3.63, 3.8) is 0 Å². The number of halogens is 1. The van der Waals surface area contributed by atoms with Crippen molar-refractivity contribution in [2.45, 2.75) is 12.1 Å². The fraction of sp³-hybridized carbons (Fsp3) is 0.111. The summed E-state index contributed by atoms with van der Waals surface area (Å²) in [4.78, 5) is 16.5. The molecular weight excluding hydrogens is 342 g/mol. The van der Waals surface area contributed by atoms with Gasteiger partial charge in [-0.05, 0) is 42.8 Å². The lowest BCUT2D eigenvalue weighted by Gasteiger charge is -2.10. The molecule has 0 atom stereocenters. The number of thioether (sulfide) groups is 1. The van der Waals surface area contributed by atoms with E-state index in [1.54, 1.807) is 30.5 Å². The molecule has 4 nitrogen and oxygen atoms in total. The highest BCUT2D eigenvalue weighted by Crippen LogP contribution is 2.23. The Kier molecular flexibility index (Phi) is 5.23. The Morgan fingerprint density at radius 1 is 1.21 bits per heavy atom. The molecule has 1 heterocycles. The van der Waals surface area contributed by atoms with Gasteiger partial charge in [-0.15, -0.1) is 0 Å². The number of aryl methyl sites for hydroxylation is 1. The highest BCUT2D eigenvalue weighted by atomic mass is 35.5. The van der Waals surface area contributed by atoms with Gasteiger partial charge in [0.15, 0.2) is 5.16 Å². The molecule has 3 aromatic rings. The molecule has 3 rings (SSSR count). The van der Waals surface area contributed by atoms with Gasteiger partial charge in [-0.1, -0.05) is 41.6 Å². The van der Waals surface area contributed by atoms with Gasteiger partial charge in [0.1, 0.15) is 0 Å². The zero-order valence-corrected chi connectivity index (χ0v) is 14.6. The number of carbonyl (C=O) groups excluding carboxylic acids is 1. The minimum atomic E-state index is -0.0818. The second-order valence-electron chi connectivity index (χ2n) is 5.21. The Labute approximate surface area is 149 Å². The molecule has 0 aliphatic carbocycles. The van der Waals surface area contributed by atoms with E-state index in [9.17, 15) is 4.79 Å². The average molecular weight is 358 g/mol. The fourth-order valence-corrected chi connectivity index (χ4v) is 3.17. The van der Waals surface area contributed by atoms with Crippen molar-refractivity contribution in [2.75, 3.05) is 11.1 Å². The molecule has 0 unspecified atom stereocenters. The lowest BCUT2D eigenvalue weighted by atomic mass is 10.2. The number of rotatable bonds is 5. The summed E-state index contributed by atoms with van der Waals surface area (Å²) in [5, 5.41) is 4.28. The average Bonchev–Trinajstić information content (AvgIpc) is 3.04. The largest absolute Gasteiger partial charge is 0.325 e. The Hall–Kier alpha value is -2.24. The predicted octanol–water partition coefficient (Wildman–Crippen LogP) is 4.56. The Balaban J connectivity index is 1.65. The number of nitrogens with one attached hydrogen (secondary N) is 1. The van der Waals surface area contributed by atoms with Crippen molar-refractivity contribution >= 4 is 35.0 Å². The topological polar surface area (TPSA) is 46.9 Å². The number of para-hydroxylation sites is 1. The third-order valence-corrected chi connectivity index (χ3v) is 4.66. The van der Waals surface area contributed by atoms with Crippen LogP contribution in [0, 0.1) is 6.92 Å². The zero-order chi connectivity index (χ0) is 16.9. The summed E-state index contributed by atoms with van der Waals surface area (Å²) in [6.07, 6.45) is 3.65. The minimum absolute atomic E-state index is 0.0818. The third-order valence-electron chi connectivity index (χ3n) is 3.44. The Morgan fingerprint density at radius 3 is 2.71 bits per heavy atom. The molecule has 1 amide bonds. The van der Waals surface area contributed by atoms with Crippen molar-refractivity contribution in [1.29, 1.82) is 0 Å². The number of benzene rings is 2. The first-order chi connectivity index (χ1) is 11.6. The molecule has 0 radical (unpaired) electrons. The quantitative estimate of drug-likeness (QED) is 0.680. The number of carbonyl (C=O) groups is 1. The van der Waals surface area contributed by atoms with Crippen molar-refractivity contribution in [3.05, 3.63) is 71.5 Å². The maximum Gasteiger partial charge on any atom is 0.234 e. The zero-order valence-electron chi connectivity index (χ0n) is 13.1. The smallest absolute Gasteiger partial charge is 0.234 e. The highest BCUT2D eigenvalue weighted by molar-refractivity contribution is 7.99. The second-order valence-corrected chi connectivity index (χ2v) is 6.59. The second kappa shape index (κ2) is 7.55. The molecule has 24 heavy (non-hydrogen) atoms. The van der Waals surface area contributed by atoms with E-state index in [0.29, 0.717) is 5.02 Å². The summed E-state index contributed by atoms with van der Waals surface area (Å²) in [5.41, 5.74) is 2.95. The standard InChI is InChI=1S/C18H16ClN3OS/c1-13-4-2-3-5-16(13)22-11-10-20-18(22)24-12-17(23)21-15-8-6-14(19)7-9-15/h2-11H,12H2,1H3,(H,21,23). The van der Waals surface area contributed by atoms with Gasteiger partial charge in [0, 0.05) is 23.1 Å². The summed E-state index contributed by atoms with van der Waals surface area (Å²) in [6, 6.07) is 15.1. The van der Waals surface area contributed by atoms with Crippen molar-refractivity contribution < 1.29 is 4.79 Å². The molecule has 0 aliphatic heterocycles. The summed E-state index contributed by atoms with van der Waals surface area (Å²) < 4.78 is 2.00. The van der Waals surface area contributed by atoms with Gasteiger partial charge < -0.3 is 5.32 Å². The van der Waals surface area contributed by atoms with Crippen molar-refractivity contribution in [3.8, 4) is 5.69 Å². The molecule has 0 aliphatic rings. The molecule has 122 valence electrons. The van der Waals surface area contributed by atoms with E-state index in [1.807, 2.05) is 29.0 Å². The number of hydrogen-bond donors (Lipinski definition) is 1. The van der Waals surface area contributed by atoms with Crippen LogP contribution in [-0.4, -0.2) is 21.2 Å². The van der Waals surface area contributed by atoms with Crippen LogP contribution in [0.4, 0.5) is 5.69 Å². The number of nitrogens with zero attached hydrogens (tertiary/aromatic N) is 2. The van der Waals surface area contributed by atoms with Crippen LogP contribution in [0.2, 0.25) is 5.02 Å². The molecule has 0 bridgehead atoms. The normalized spacial score (nSPS) is 10.6. The van der Waals surface area contributed by atoms with Crippen LogP contribution >= 0.6 is 23.4 Å². The summed E-state index contributed by atoms with van der Waals surface area (Å²) in [7, 11) is 0. The maximum atomic E-state index is 12.1. The predicted molar refractivity (Wildman–Crippen MR) is 99.1 cm³/mol. The SMILES string of the molecule is Cc1ccccc1-n1ccnc1SCC(=O)Nc1ccc(Cl)cc1. The number of imidazole rings is 1. The van der Waals surface area contributed by atoms with E-state index < -0.39 is 0 Å². The Bertz CT molecular complexity index is 845. The number of amides is 1. The fourth-order valence-electron chi connectivity index (χ4n) is 2.27. The molecule has 2 aromatic carbocycles. The first kappa shape index (κ1) is 16.6. The van der Waals surface area contributed by atoms with Gasteiger partial charge in [-0.2, -0.15) is 0 Å². The van der Waals surface area contributed by atoms with Gasteiger partial charge >= 0.3 is 0 Å². The summed E-state index contributed by atoms with van der Waals surface area (Å²) in [6.45, 7) is 2.05. The maximum absolute atomic E-state index is 12.1. The molecular formula is C18H16ClN3OS. The lowest BCUT2D eigenvalue weighted by molar-refractivity contribution is -0.113. The van der Waals surface area contributed by atoms with E-state index >= 15 is 0 Å². The van der Waals surface area contributed by atoms with Crippen molar-refractivity contribution in [1.82, 2.24) is 9.55 Å². The molecule has 0 saturated carbocycles. The van der Waals surface area contributed by atoms with Gasteiger partial charge in [0.2, 0.25) is 5.91 Å². The van der Waals surface area contributed by atoms with Gasteiger partial charge in [0.05, 0.1) is 11.4 Å². The van der Waals surface area contributed by atoms with E-state index in [1.165, 1.54) is 11.8 Å². The van der Waals surface area contributed by atoms with Crippen LogP contribution in [0.25, 0.3) is 5.69 Å². The first-order valence-corrected chi connectivity index (χ1v) is 8.77. The van der Waals surface area contributed by atoms with Crippen molar-refractivity contribution in [2.24, 2.45) is 0 Å². The monoisotopic (exact) mass is 357 g/mol. The number of anilines is 1. The molecule has 0 fully saturated rings. The molecule has 0 spiro atoms. The van der Waals surface area contributed by atoms with Crippen LogP contribution in [0.5, 0.6) is 0 Å². The minimum Gasteiger partial charge on any atom is -0.325 e. The first-order valence-electron chi connectivity index (χ1n) is 7.41. The van der Waals surface area contributed by atoms with Crippen LogP contribution in [0.15, 0.2) is 66.1 Å². The van der Waals surface area contributed by atoms with Crippen LogP contribution in [0.3, 0.4) is 0 Å². The molecule has 1 N–H and O–H groups in total.